The van der Waals surface area contributed by atoms with Gasteiger partial charge in [0.15, 0.2) is 5.78 Å². The van der Waals surface area contributed by atoms with Crippen LogP contribution < -0.4 is 5.63 Å². The van der Waals surface area contributed by atoms with Crippen LogP contribution in [0.3, 0.4) is 0 Å². The second-order valence-corrected chi connectivity index (χ2v) is 5.19. The van der Waals surface area contributed by atoms with Crippen molar-refractivity contribution in [2.24, 2.45) is 0 Å². The van der Waals surface area contributed by atoms with E-state index in [1.165, 1.54) is 13.0 Å². The van der Waals surface area contributed by atoms with Crippen LogP contribution in [0.15, 0.2) is 51.7 Å². The van der Waals surface area contributed by atoms with Gasteiger partial charge in [-0.15, -0.1) is 0 Å². The third kappa shape index (κ3) is 2.19. The molecule has 0 amide bonds. The second kappa shape index (κ2) is 5.15. The molecule has 0 unspecified atom stereocenters. The van der Waals surface area contributed by atoms with E-state index in [1.54, 1.807) is 13.0 Å². The quantitative estimate of drug-likeness (QED) is 0.578. The lowest BCUT2D eigenvalue weighted by atomic mass is 9.95. The lowest BCUT2D eigenvalue weighted by Gasteiger charge is -2.12. The molecule has 0 spiro atoms. The molecule has 0 radical (unpaired) electrons. The van der Waals surface area contributed by atoms with Crippen LogP contribution in [0.5, 0.6) is 5.75 Å². The number of hydrogen-bond acceptors (Lipinski definition) is 4. The predicted molar refractivity (Wildman–Crippen MR) is 84.3 cm³/mol. The molecule has 1 aromatic heterocycles. The number of fused-ring (bicyclic) bond motifs is 1. The molecular formula is C18H14O4. The summed E-state index contributed by atoms with van der Waals surface area (Å²) in [6.07, 6.45) is 0. The Morgan fingerprint density at radius 3 is 2.45 bits per heavy atom. The van der Waals surface area contributed by atoms with Gasteiger partial charge in [0.1, 0.15) is 11.3 Å². The Kier molecular flexibility index (Phi) is 3.29. The molecule has 0 aliphatic carbocycles. The number of carbonyl (C=O) groups excluding carboxylic acids is 1. The van der Waals surface area contributed by atoms with Crippen molar-refractivity contribution < 1.29 is 14.3 Å². The van der Waals surface area contributed by atoms with Gasteiger partial charge < -0.3 is 9.52 Å². The summed E-state index contributed by atoms with van der Waals surface area (Å²) in [7, 11) is 0. The molecule has 0 aliphatic heterocycles. The van der Waals surface area contributed by atoms with Crippen molar-refractivity contribution in [2.75, 3.05) is 0 Å². The standard InChI is InChI=1S/C18H14O4/c1-10-8-14-17(18(21)16(10)11(2)19)13(9-15(20)22-14)12-6-4-3-5-7-12/h3-9,21H,1-2H3. The van der Waals surface area contributed by atoms with E-state index in [1.807, 2.05) is 30.3 Å². The molecule has 3 rings (SSSR count). The fourth-order valence-electron chi connectivity index (χ4n) is 2.73. The van der Waals surface area contributed by atoms with Crippen molar-refractivity contribution in [2.45, 2.75) is 13.8 Å². The van der Waals surface area contributed by atoms with E-state index in [2.05, 4.69) is 0 Å². The largest absolute Gasteiger partial charge is 0.506 e. The van der Waals surface area contributed by atoms with Gasteiger partial charge in [0.2, 0.25) is 0 Å². The first-order chi connectivity index (χ1) is 10.5. The number of hydrogen-bond donors (Lipinski definition) is 1. The summed E-state index contributed by atoms with van der Waals surface area (Å²) in [5, 5.41) is 10.9. The van der Waals surface area contributed by atoms with Gasteiger partial charge in [-0.05, 0) is 31.0 Å². The van der Waals surface area contributed by atoms with Crippen LogP contribution in [0.25, 0.3) is 22.1 Å². The molecular weight excluding hydrogens is 280 g/mol. The number of ketones is 1. The van der Waals surface area contributed by atoms with E-state index in [0.717, 1.165) is 5.56 Å². The number of Topliss-reactive ketones (excluding diaryl/α,β-unsaturated/α-hetero) is 1. The minimum Gasteiger partial charge on any atom is -0.506 e. The summed E-state index contributed by atoms with van der Waals surface area (Å²) in [5.41, 5.74) is 1.91. The molecule has 0 aliphatic rings. The fraction of sp³-hybridized carbons (Fsp3) is 0.111. The van der Waals surface area contributed by atoms with Gasteiger partial charge in [-0.1, -0.05) is 30.3 Å². The summed E-state index contributed by atoms with van der Waals surface area (Å²) >= 11 is 0. The van der Waals surface area contributed by atoms with E-state index >= 15 is 0 Å². The Balaban J connectivity index is 2.50. The van der Waals surface area contributed by atoms with Crippen LogP contribution in [-0.4, -0.2) is 10.9 Å². The predicted octanol–water partition coefficient (Wildman–Crippen LogP) is 3.68. The van der Waals surface area contributed by atoms with E-state index in [4.69, 9.17) is 4.42 Å². The second-order valence-electron chi connectivity index (χ2n) is 5.19. The first-order valence-electron chi connectivity index (χ1n) is 6.86. The summed E-state index contributed by atoms with van der Waals surface area (Å²) in [4.78, 5) is 23.6. The van der Waals surface area contributed by atoms with Crippen molar-refractivity contribution >= 4 is 16.8 Å². The zero-order valence-corrected chi connectivity index (χ0v) is 12.2. The molecule has 1 heterocycles. The zero-order chi connectivity index (χ0) is 15.9. The van der Waals surface area contributed by atoms with Gasteiger partial charge in [-0.2, -0.15) is 0 Å². The number of aryl methyl sites for hydroxylation is 1. The number of phenolic OH excluding ortho intramolecular Hbond substituents is 1. The van der Waals surface area contributed by atoms with Crippen molar-refractivity contribution in [3.05, 3.63) is 64.0 Å². The number of carbonyl (C=O) groups is 1. The fourth-order valence-corrected chi connectivity index (χ4v) is 2.73. The van der Waals surface area contributed by atoms with E-state index in [9.17, 15) is 14.7 Å². The van der Waals surface area contributed by atoms with Crippen molar-refractivity contribution in [1.29, 1.82) is 0 Å². The van der Waals surface area contributed by atoms with Gasteiger partial charge >= 0.3 is 5.63 Å². The SMILES string of the molecule is CC(=O)c1c(C)cc2oc(=O)cc(-c3ccccc3)c2c1O. The number of benzene rings is 2. The van der Waals surface area contributed by atoms with Crippen LogP contribution in [0.2, 0.25) is 0 Å². The Hall–Kier alpha value is -2.88. The monoisotopic (exact) mass is 294 g/mol. The van der Waals surface area contributed by atoms with Gasteiger partial charge in [0.05, 0.1) is 10.9 Å². The summed E-state index contributed by atoms with van der Waals surface area (Å²) in [5.74, 6) is -0.382. The van der Waals surface area contributed by atoms with Gasteiger partial charge in [-0.3, -0.25) is 4.79 Å². The number of phenols is 1. The molecule has 0 bridgehead atoms. The summed E-state index contributed by atoms with van der Waals surface area (Å²) < 4.78 is 5.19. The molecule has 1 N–H and O–H groups in total. The van der Waals surface area contributed by atoms with Crippen LogP contribution in [-0.2, 0) is 0 Å². The molecule has 4 nitrogen and oxygen atoms in total. The van der Waals surface area contributed by atoms with Crippen molar-refractivity contribution in [1.82, 2.24) is 0 Å². The molecule has 3 aromatic rings. The maximum atomic E-state index is 11.8. The van der Waals surface area contributed by atoms with E-state index in [0.29, 0.717) is 16.5 Å². The highest BCUT2D eigenvalue weighted by molar-refractivity contribution is 6.07. The highest BCUT2D eigenvalue weighted by atomic mass is 16.4. The van der Waals surface area contributed by atoms with Crippen molar-refractivity contribution in [3.8, 4) is 16.9 Å². The number of aromatic hydroxyl groups is 1. The average Bonchev–Trinajstić information content (AvgIpc) is 2.46. The molecule has 22 heavy (non-hydrogen) atoms. The average molecular weight is 294 g/mol. The molecule has 110 valence electrons. The first kappa shape index (κ1) is 14.1. The molecule has 4 heteroatoms. The summed E-state index contributed by atoms with van der Waals surface area (Å²) in [6.45, 7) is 3.10. The smallest absolute Gasteiger partial charge is 0.336 e. The van der Waals surface area contributed by atoms with Gasteiger partial charge in [-0.25, -0.2) is 4.79 Å². The first-order valence-corrected chi connectivity index (χ1v) is 6.86. The van der Waals surface area contributed by atoms with E-state index < -0.39 is 5.63 Å². The molecule has 0 fully saturated rings. The maximum absolute atomic E-state index is 11.8. The molecule has 0 saturated carbocycles. The van der Waals surface area contributed by atoms with Crippen molar-refractivity contribution in [3.63, 3.8) is 0 Å². The lowest BCUT2D eigenvalue weighted by molar-refractivity contribution is 0.101. The third-order valence-electron chi connectivity index (χ3n) is 3.64. The minimum atomic E-state index is -0.499. The molecule has 2 aromatic carbocycles. The molecule has 0 atom stereocenters. The highest BCUT2D eigenvalue weighted by Crippen LogP contribution is 2.37. The van der Waals surface area contributed by atoms with Gasteiger partial charge in [0.25, 0.3) is 0 Å². The normalized spacial score (nSPS) is 10.8. The van der Waals surface area contributed by atoms with Crippen LogP contribution in [0.1, 0.15) is 22.8 Å². The Labute approximate surface area is 126 Å². The Morgan fingerprint density at radius 2 is 1.82 bits per heavy atom. The number of rotatable bonds is 2. The summed E-state index contributed by atoms with van der Waals surface area (Å²) in [6, 6.07) is 12.2. The molecule has 0 saturated heterocycles. The maximum Gasteiger partial charge on any atom is 0.336 e. The van der Waals surface area contributed by atoms with E-state index in [-0.39, 0.29) is 22.7 Å². The van der Waals surface area contributed by atoms with Gasteiger partial charge in [0, 0.05) is 11.6 Å². The highest BCUT2D eigenvalue weighted by Gasteiger charge is 2.19. The zero-order valence-electron chi connectivity index (χ0n) is 12.2. The topological polar surface area (TPSA) is 67.5 Å². The van der Waals surface area contributed by atoms with Crippen LogP contribution >= 0.6 is 0 Å². The Bertz CT molecular complexity index is 937. The minimum absolute atomic E-state index is 0.148. The third-order valence-corrected chi connectivity index (χ3v) is 3.64. The lowest BCUT2D eigenvalue weighted by Crippen LogP contribution is -2.02. The van der Waals surface area contributed by atoms with Crippen LogP contribution in [0, 0.1) is 6.92 Å². The van der Waals surface area contributed by atoms with Crippen LogP contribution in [0.4, 0.5) is 0 Å². The Morgan fingerprint density at radius 1 is 1.14 bits per heavy atom.